The van der Waals surface area contributed by atoms with Crippen molar-refractivity contribution < 1.29 is 4.79 Å². The largest absolute Gasteiger partial charge is 0.329 e. The van der Waals surface area contributed by atoms with Gasteiger partial charge in [0.25, 0.3) is 0 Å². The molecule has 1 unspecified atom stereocenters. The molecular formula is C12H19N3O. The minimum absolute atomic E-state index is 0.187. The SMILES string of the molecule is CCCn1ccnc1C(=O)CC1CCNC1. The first-order valence-corrected chi connectivity index (χ1v) is 6.06. The van der Waals surface area contributed by atoms with Gasteiger partial charge in [-0.25, -0.2) is 4.98 Å². The quantitative estimate of drug-likeness (QED) is 0.766. The number of hydrogen-bond donors (Lipinski definition) is 1. The Bertz CT molecular complexity index is 353. The highest BCUT2D eigenvalue weighted by Crippen LogP contribution is 2.15. The maximum Gasteiger partial charge on any atom is 0.198 e. The van der Waals surface area contributed by atoms with Gasteiger partial charge in [0.1, 0.15) is 0 Å². The van der Waals surface area contributed by atoms with E-state index in [0.717, 1.165) is 32.5 Å². The molecule has 1 saturated heterocycles. The normalized spacial score (nSPS) is 20.2. The minimum Gasteiger partial charge on any atom is -0.329 e. The van der Waals surface area contributed by atoms with E-state index in [1.807, 2.05) is 10.8 Å². The number of aromatic nitrogens is 2. The van der Waals surface area contributed by atoms with Gasteiger partial charge >= 0.3 is 0 Å². The first-order valence-electron chi connectivity index (χ1n) is 6.06. The number of Topliss-reactive ketones (excluding diaryl/α,β-unsaturated/α-hetero) is 1. The Hall–Kier alpha value is -1.16. The molecule has 1 aliphatic rings. The lowest BCUT2D eigenvalue weighted by Crippen LogP contribution is -2.16. The summed E-state index contributed by atoms with van der Waals surface area (Å²) in [7, 11) is 0. The van der Waals surface area contributed by atoms with Crippen LogP contribution in [0.5, 0.6) is 0 Å². The minimum atomic E-state index is 0.187. The average molecular weight is 221 g/mol. The van der Waals surface area contributed by atoms with Gasteiger partial charge in [0.15, 0.2) is 11.6 Å². The highest BCUT2D eigenvalue weighted by molar-refractivity contribution is 5.93. The molecule has 2 rings (SSSR count). The third kappa shape index (κ3) is 2.50. The van der Waals surface area contributed by atoms with E-state index in [4.69, 9.17) is 0 Å². The van der Waals surface area contributed by atoms with Gasteiger partial charge in [0.05, 0.1) is 0 Å². The van der Waals surface area contributed by atoms with E-state index in [0.29, 0.717) is 18.2 Å². The summed E-state index contributed by atoms with van der Waals surface area (Å²) in [5.41, 5.74) is 0. The molecule has 1 N–H and O–H groups in total. The van der Waals surface area contributed by atoms with Crippen LogP contribution in [0.25, 0.3) is 0 Å². The molecule has 0 aromatic carbocycles. The molecule has 4 nitrogen and oxygen atoms in total. The second-order valence-corrected chi connectivity index (χ2v) is 4.43. The molecule has 1 aliphatic heterocycles. The van der Waals surface area contributed by atoms with Crippen LogP contribution in [0.4, 0.5) is 0 Å². The van der Waals surface area contributed by atoms with Gasteiger partial charge in [-0.05, 0) is 31.8 Å². The van der Waals surface area contributed by atoms with Crippen LogP contribution in [0.15, 0.2) is 12.4 Å². The number of carbonyl (C=O) groups excluding carboxylic acids is 1. The number of rotatable bonds is 5. The first-order chi connectivity index (χ1) is 7.81. The molecule has 88 valence electrons. The van der Waals surface area contributed by atoms with Gasteiger partial charge in [-0.2, -0.15) is 0 Å². The highest BCUT2D eigenvalue weighted by Gasteiger charge is 2.21. The Morgan fingerprint density at radius 1 is 1.69 bits per heavy atom. The van der Waals surface area contributed by atoms with Crippen LogP contribution < -0.4 is 5.32 Å². The van der Waals surface area contributed by atoms with Crippen molar-refractivity contribution in [1.82, 2.24) is 14.9 Å². The van der Waals surface area contributed by atoms with E-state index < -0.39 is 0 Å². The predicted molar refractivity (Wildman–Crippen MR) is 62.4 cm³/mol. The van der Waals surface area contributed by atoms with Crippen LogP contribution in [0, 0.1) is 5.92 Å². The Morgan fingerprint density at radius 3 is 3.25 bits per heavy atom. The van der Waals surface area contributed by atoms with Gasteiger partial charge in [-0.1, -0.05) is 6.92 Å². The summed E-state index contributed by atoms with van der Waals surface area (Å²) in [4.78, 5) is 16.2. The van der Waals surface area contributed by atoms with Crippen molar-refractivity contribution in [3.05, 3.63) is 18.2 Å². The average Bonchev–Trinajstić information content (AvgIpc) is 2.89. The zero-order chi connectivity index (χ0) is 11.4. The summed E-state index contributed by atoms with van der Waals surface area (Å²) in [5, 5.41) is 3.28. The highest BCUT2D eigenvalue weighted by atomic mass is 16.1. The Labute approximate surface area is 96.1 Å². The first kappa shape index (κ1) is 11.3. The number of aryl methyl sites for hydroxylation is 1. The van der Waals surface area contributed by atoms with Crippen LogP contribution in [-0.2, 0) is 6.54 Å². The molecule has 0 saturated carbocycles. The zero-order valence-electron chi connectivity index (χ0n) is 9.78. The number of nitrogens with zero attached hydrogens (tertiary/aromatic N) is 2. The monoisotopic (exact) mass is 221 g/mol. The van der Waals surface area contributed by atoms with E-state index >= 15 is 0 Å². The van der Waals surface area contributed by atoms with Crippen LogP contribution in [0.2, 0.25) is 0 Å². The zero-order valence-corrected chi connectivity index (χ0v) is 9.78. The van der Waals surface area contributed by atoms with Crippen LogP contribution in [-0.4, -0.2) is 28.4 Å². The molecule has 4 heteroatoms. The second-order valence-electron chi connectivity index (χ2n) is 4.43. The van der Waals surface area contributed by atoms with Gasteiger partial charge in [-0.3, -0.25) is 4.79 Å². The van der Waals surface area contributed by atoms with Crippen molar-refractivity contribution in [2.75, 3.05) is 13.1 Å². The third-order valence-electron chi connectivity index (χ3n) is 3.07. The fourth-order valence-corrected chi connectivity index (χ4v) is 2.22. The maximum absolute atomic E-state index is 12.0. The van der Waals surface area contributed by atoms with E-state index in [2.05, 4.69) is 17.2 Å². The Morgan fingerprint density at radius 2 is 2.56 bits per heavy atom. The Balaban J connectivity index is 1.99. The molecule has 0 spiro atoms. The molecule has 0 amide bonds. The molecule has 2 heterocycles. The maximum atomic E-state index is 12.0. The van der Waals surface area contributed by atoms with Crippen LogP contribution in [0.3, 0.4) is 0 Å². The standard InChI is InChI=1S/C12H19N3O/c1-2-6-15-7-5-14-12(15)11(16)8-10-3-4-13-9-10/h5,7,10,13H,2-4,6,8-9H2,1H3. The number of carbonyl (C=O) groups is 1. The lowest BCUT2D eigenvalue weighted by Gasteiger charge is -2.08. The molecular weight excluding hydrogens is 202 g/mol. The van der Waals surface area contributed by atoms with Gasteiger partial charge in [0.2, 0.25) is 0 Å². The predicted octanol–water partition coefficient (Wildman–Crippen LogP) is 1.48. The molecule has 1 fully saturated rings. The van der Waals surface area contributed by atoms with Crippen LogP contribution >= 0.6 is 0 Å². The van der Waals surface area contributed by atoms with Crippen molar-refractivity contribution in [3.8, 4) is 0 Å². The Kier molecular flexibility index (Phi) is 3.72. The lowest BCUT2D eigenvalue weighted by atomic mass is 10.0. The van der Waals surface area contributed by atoms with Gasteiger partial charge in [0, 0.05) is 25.4 Å². The summed E-state index contributed by atoms with van der Waals surface area (Å²) in [6.07, 6.45) is 6.38. The summed E-state index contributed by atoms with van der Waals surface area (Å²) in [6.45, 7) is 5.00. The summed E-state index contributed by atoms with van der Waals surface area (Å²) in [5.74, 6) is 1.32. The fourth-order valence-electron chi connectivity index (χ4n) is 2.22. The lowest BCUT2D eigenvalue weighted by molar-refractivity contribution is 0.0950. The van der Waals surface area contributed by atoms with Crippen molar-refractivity contribution >= 4 is 5.78 Å². The van der Waals surface area contributed by atoms with Crippen molar-refractivity contribution in [2.24, 2.45) is 5.92 Å². The smallest absolute Gasteiger partial charge is 0.198 e. The molecule has 16 heavy (non-hydrogen) atoms. The second kappa shape index (κ2) is 5.25. The summed E-state index contributed by atoms with van der Waals surface area (Å²) >= 11 is 0. The van der Waals surface area contributed by atoms with Crippen molar-refractivity contribution in [1.29, 1.82) is 0 Å². The summed E-state index contributed by atoms with van der Waals surface area (Å²) in [6, 6.07) is 0. The molecule has 0 bridgehead atoms. The van der Waals surface area contributed by atoms with Crippen molar-refractivity contribution in [3.63, 3.8) is 0 Å². The molecule has 1 aromatic heterocycles. The van der Waals surface area contributed by atoms with E-state index in [1.54, 1.807) is 6.20 Å². The number of ketones is 1. The van der Waals surface area contributed by atoms with E-state index in [9.17, 15) is 4.79 Å². The number of hydrogen-bond acceptors (Lipinski definition) is 3. The van der Waals surface area contributed by atoms with Crippen molar-refractivity contribution in [2.45, 2.75) is 32.7 Å². The molecule has 1 aromatic rings. The summed E-state index contributed by atoms with van der Waals surface area (Å²) < 4.78 is 1.96. The van der Waals surface area contributed by atoms with Gasteiger partial charge in [-0.15, -0.1) is 0 Å². The number of nitrogens with one attached hydrogen (secondary N) is 1. The van der Waals surface area contributed by atoms with E-state index in [-0.39, 0.29) is 5.78 Å². The topological polar surface area (TPSA) is 46.9 Å². The molecule has 0 aliphatic carbocycles. The fraction of sp³-hybridized carbons (Fsp3) is 0.667. The van der Waals surface area contributed by atoms with Gasteiger partial charge < -0.3 is 9.88 Å². The molecule has 1 atom stereocenters. The van der Waals surface area contributed by atoms with Crippen LogP contribution in [0.1, 0.15) is 36.8 Å². The third-order valence-corrected chi connectivity index (χ3v) is 3.07. The number of imidazole rings is 1. The molecule has 0 radical (unpaired) electrons. The van der Waals surface area contributed by atoms with E-state index in [1.165, 1.54) is 0 Å².